The molecule has 4 rings (SSSR count). The predicted octanol–water partition coefficient (Wildman–Crippen LogP) is 3.58. The zero-order valence-electron chi connectivity index (χ0n) is 17.5. The fraction of sp³-hybridized carbons (Fsp3) is 0.476. The Morgan fingerprint density at radius 1 is 1.30 bits per heavy atom. The van der Waals surface area contributed by atoms with Gasteiger partial charge in [0.15, 0.2) is 11.0 Å². The average molecular weight is 427 g/mol. The van der Waals surface area contributed by atoms with E-state index < -0.39 is 0 Å². The van der Waals surface area contributed by atoms with E-state index in [2.05, 4.69) is 58.5 Å². The molecular formula is C21H26N6O2S. The van der Waals surface area contributed by atoms with Crippen LogP contribution in [0.25, 0.3) is 5.69 Å². The fourth-order valence-electron chi connectivity index (χ4n) is 3.62. The van der Waals surface area contributed by atoms with E-state index in [9.17, 15) is 4.79 Å². The number of hydrogen-bond acceptors (Lipinski definition) is 7. The second-order valence-electron chi connectivity index (χ2n) is 7.88. The molecule has 3 aromatic rings. The molecule has 158 valence electrons. The third kappa shape index (κ3) is 4.56. The van der Waals surface area contributed by atoms with E-state index >= 15 is 0 Å². The van der Waals surface area contributed by atoms with E-state index in [0.717, 1.165) is 25.1 Å². The minimum Gasteiger partial charge on any atom is -0.341 e. The minimum absolute atomic E-state index is 0.0886. The number of aromatic nitrogens is 5. The predicted molar refractivity (Wildman–Crippen MR) is 114 cm³/mol. The summed E-state index contributed by atoms with van der Waals surface area (Å²) in [4.78, 5) is 19.0. The fourth-order valence-corrected chi connectivity index (χ4v) is 4.45. The van der Waals surface area contributed by atoms with Gasteiger partial charge in [0.05, 0.1) is 11.7 Å². The average Bonchev–Trinajstić information content (AvgIpc) is 3.41. The van der Waals surface area contributed by atoms with Gasteiger partial charge < -0.3 is 9.42 Å². The summed E-state index contributed by atoms with van der Waals surface area (Å²) in [7, 11) is 0. The van der Waals surface area contributed by atoms with Gasteiger partial charge in [-0.05, 0) is 43.4 Å². The number of carbonyl (C=O) groups excluding carboxylic acids is 1. The Labute approximate surface area is 180 Å². The quantitative estimate of drug-likeness (QED) is 0.557. The van der Waals surface area contributed by atoms with Gasteiger partial charge in [0.1, 0.15) is 6.33 Å². The number of rotatable bonds is 6. The number of piperidine rings is 1. The van der Waals surface area contributed by atoms with Crippen LogP contribution in [0.5, 0.6) is 0 Å². The van der Waals surface area contributed by atoms with Gasteiger partial charge in [-0.1, -0.05) is 42.9 Å². The molecule has 1 saturated heterocycles. The molecule has 1 unspecified atom stereocenters. The van der Waals surface area contributed by atoms with Crippen LogP contribution in [0.15, 0.2) is 40.3 Å². The minimum atomic E-state index is 0.0886. The molecule has 1 aliphatic rings. The van der Waals surface area contributed by atoms with Crippen molar-refractivity contribution >= 4 is 17.7 Å². The maximum absolute atomic E-state index is 12.8. The van der Waals surface area contributed by atoms with Crippen molar-refractivity contribution in [3.8, 4) is 5.69 Å². The first-order valence-electron chi connectivity index (χ1n) is 10.2. The molecule has 9 heteroatoms. The maximum Gasteiger partial charge on any atom is 0.233 e. The first kappa shape index (κ1) is 20.6. The Kier molecular flexibility index (Phi) is 6.17. The van der Waals surface area contributed by atoms with Crippen LogP contribution in [-0.2, 0) is 4.79 Å². The highest BCUT2D eigenvalue weighted by Crippen LogP contribution is 2.27. The molecule has 3 heterocycles. The summed E-state index contributed by atoms with van der Waals surface area (Å²) >= 11 is 1.41. The number of thioether (sulfide) groups is 1. The molecule has 0 N–H and O–H groups in total. The maximum atomic E-state index is 12.8. The monoisotopic (exact) mass is 426 g/mol. The zero-order valence-corrected chi connectivity index (χ0v) is 18.3. The molecule has 0 radical (unpaired) electrons. The lowest BCUT2D eigenvalue weighted by atomic mass is 9.98. The first-order valence-corrected chi connectivity index (χ1v) is 11.2. The summed E-state index contributed by atoms with van der Waals surface area (Å²) in [5.74, 6) is 2.25. The Balaban J connectivity index is 1.38. The van der Waals surface area contributed by atoms with E-state index in [1.54, 1.807) is 6.33 Å². The van der Waals surface area contributed by atoms with Crippen molar-refractivity contribution in [2.24, 2.45) is 0 Å². The van der Waals surface area contributed by atoms with Crippen LogP contribution >= 0.6 is 11.8 Å². The second-order valence-corrected chi connectivity index (χ2v) is 8.82. The van der Waals surface area contributed by atoms with Gasteiger partial charge in [0, 0.05) is 18.8 Å². The van der Waals surface area contributed by atoms with Crippen molar-refractivity contribution in [2.45, 2.75) is 50.6 Å². The molecule has 1 fully saturated rings. The number of carbonyl (C=O) groups is 1. The standard InChI is InChI=1S/C21H26N6O2S/c1-14(2)16-6-8-18(9-7-16)27-13-22-24-21(27)30-12-19(28)26-10-4-5-17(11-26)20-23-15(3)25-29-20/h6-9,13-14,17H,4-5,10-12H2,1-3H3. The van der Waals surface area contributed by atoms with Crippen LogP contribution in [-0.4, -0.2) is 54.6 Å². The van der Waals surface area contributed by atoms with Crippen LogP contribution in [0.4, 0.5) is 0 Å². The summed E-state index contributed by atoms with van der Waals surface area (Å²) in [6, 6.07) is 8.36. The van der Waals surface area contributed by atoms with Gasteiger partial charge in [0.25, 0.3) is 0 Å². The Hall–Kier alpha value is -2.68. The van der Waals surface area contributed by atoms with Crippen LogP contribution in [0, 0.1) is 6.92 Å². The van der Waals surface area contributed by atoms with Crippen LogP contribution in [0.2, 0.25) is 0 Å². The topological polar surface area (TPSA) is 89.9 Å². The van der Waals surface area contributed by atoms with Crippen molar-refractivity contribution in [3.63, 3.8) is 0 Å². The third-order valence-corrected chi connectivity index (χ3v) is 6.27. The van der Waals surface area contributed by atoms with E-state index in [1.165, 1.54) is 17.3 Å². The van der Waals surface area contributed by atoms with Gasteiger partial charge in [-0.15, -0.1) is 10.2 Å². The number of benzene rings is 1. The highest BCUT2D eigenvalue weighted by atomic mass is 32.2. The Morgan fingerprint density at radius 3 is 2.80 bits per heavy atom. The SMILES string of the molecule is Cc1noc(C2CCCN(C(=O)CSc3nncn3-c3ccc(C(C)C)cc3)C2)n1. The van der Waals surface area contributed by atoms with E-state index in [1.807, 2.05) is 16.4 Å². The molecule has 30 heavy (non-hydrogen) atoms. The van der Waals surface area contributed by atoms with E-state index in [4.69, 9.17) is 4.52 Å². The van der Waals surface area contributed by atoms with Gasteiger partial charge in [-0.3, -0.25) is 9.36 Å². The summed E-state index contributed by atoms with van der Waals surface area (Å²) in [5, 5.41) is 12.8. The number of amides is 1. The van der Waals surface area contributed by atoms with Crippen molar-refractivity contribution in [3.05, 3.63) is 47.9 Å². The molecule has 0 aliphatic carbocycles. The molecule has 1 amide bonds. The summed E-state index contributed by atoms with van der Waals surface area (Å²) in [6.45, 7) is 7.52. The largest absolute Gasteiger partial charge is 0.341 e. The van der Waals surface area contributed by atoms with Crippen molar-refractivity contribution in [1.29, 1.82) is 0 Å². The smallest absolute Gasteiger partial charge is 0.233 e. The van der Waals surface area contributed by atoms with Crippen molar-refractivity contribution in [1.82, 2.24) is 29.8 Å². The van der Waals surface area contributed by atoms with Crippen LogP contribution < -0.4 is 0 Å². The lowest BCUT2D eigenvalue weighted by Crippen LogP contribution is -2.40. The number of hydrogen-bond donors (Lipinski definition) is 0. The Bertz CT molecular complexity index is 997. The number of aryl methyl sites for hydroxylation is 1. The first-order chi connectivity index (χ1) is 14.5. The second kappa shape index (κ2) is 8.99. The van der Waals surface area contributed by atoms with Crippen molar-refractivity contribution in [2.75, 3.05) is 18.8 Å². The normalized spacial score (nSPS) is 16.9. The van der Waals surface area contributed by atoms with Crippen LogP contribution in [0.1, 0.15) is 55.8 Å². The molecule has 0 spiro atoms. The highest BCUT2D eigenvalue weighted by molar-refractivity contribution is 7.99. The van der Waals surface area contributed by atoms with Gasteiger partial charge in [-0.2, -0.15) is 4.98 Å². The molecule has 0 saturated carbocycles. The van der Waals surface area contributed by atoms with Gasteiger partial charge in [0.2, 0.25) is 11.8 Å². The molecule has 2 aromatic heterocycles. The summed E-state index contributed by atoms with van der Waals surface area (Å²) in [5.41, 5.74) is 2.27. The highest BCUT2D eigenvalue weighted by Gasteiger charge is 2.28. The third-order valence-electron chi connectivity index (χ3n) is 5.35. The summed E-state index contributed by atoms with van der Waals surface area (Å²) < 4.78 is 7.23. The lowest BCUT2D eigenvalue weighted by molar-refractivity contribution is -0.129. The van der Waals surface area contributed by atoms with Crippen LogP contribution in [0.3, 0.4) is 0 Å². The molecule has 1 atom stereocenters. The van der Waals surface area contributed by atoms with Gasteiger partial charge in [-0.25, -0.2) is 0 Å². The van der Waals surface area contributed by atoms with Gasteiger partial charge >= 0.3 is 0 Å². The zero-order chi connectivity index (χ0) is 21.1. The number of likely N-dealkylation sites (tertiary alicyclic amines) is 1. The number of nitrogens with zero attached hydrogens (tertiary/aromatic N) is 6. The molecule has 0 bridgehead atoms. The molecule has 8 nitrogen and oxygen atoms in total. The van der Waals surface area contributed by atoms with E-state index in [-0.39, 0.29) is 11.8 Å². The molecular weight excluding hydrogens is 400 g/mol. The molecule has 1 aromatic carbocycles. The lowest BCUT2D eigenvalue weighted by Gasteiger charge is -2.30. The van der Waals surface area contributed by atoms with Crippen molar-refractivity contribution < 1.29 is 9.32 Å². The Morgan fingerprint density at radius 2 is 2.10 bits per heavy atom. The summed E-state index contributed by atoms with van der Waals surface area (Å²) in [6.07, 6.45) is 3.58. The van der Waals surface area contributed by atoms with E-state index in [0.29, 0.717) is 35.1 Å². The molecule has 1 aliphatic heterocycles.